The van der Waals surface area contributed by atoms with Gasteiger partial charge in [-0.15, -0.1) is 18.1 Å². The molecule has 0 fully saturated rings. The molecule has 0 saturated carbocycles. The van der Waals surface area contributed by atoms with E-state index in [0.29, 0.717) is 0 Å². The molecule has 0 aliphatic carbocycles. The van der Waals surface area contributed by atoms with Crippen molar-refractivity contribution in [3.8, 4) is 0 Å². The summed E-state index contributed by atoms with van der Waals surface area (Å²) in [6.07, 6.45) is -66.8. The third-order valence-corrected chi connectivity index (χ3v) is 2.47. The summed E-state index contributed by atoms with van der Waals surface area (Å²) in [5.41, 5.74) is 0. The molecule has 206 valence electrons. The van der Waals surface area contributed by atoms with E-state index in [9.17, 15) is 87.9 Å². The first kappa shape index (κ1) is 32.4. The summed E-state index contributed by atoms with van der Waals surface area (Å²) in [5, 5.41) is 0. The molecule has 0 N–H and O–H groups in total. The van der Waals surface area contributed by atoms with Gasteiger partial charge in [0.1, 0.15) is 0 Å². The summed E-state index contributed by atoms with van der Waals surface area (Å²) in [7, 11) is 0. The van der Waals surface area contributed by atoms with E-state index < -0.39 is 55.2 Å². The van der Waals surface area contributed by atoms with Crippen molar-refractivity contribution in [1.29, 1.82) is 0 Å². The van der Waals surface area contributed by atoms with Crippen LogP contribution in [0.2, 0.25) is 0 Å². The Balaban J connectivity index is 5.94. The van der Waals surface area contributed by atoms with Crippen molar-refractivity contribution in [1.82, 2.24) is 0 Å². The normalized spacial score (nSPS) is 16.2. The fraction of sp³-hybridized carbons (Fsp3) is 1.00. The SMILES string of the molecule is FOC(F)(F)C(F)(F)OC(F)(F)C(F)(F)OC(F)(F)C(F)(F)OC(F)(F)C(F)(F)OC(F)(F)F. The van der Waals surface area contributed by atoms with Crippen LogP contribution in [0, 0.1) is 0 Å². The molecule has 0 saturated heterocycles. The van der Waals surface area contributed by atoms with Gasteiger partial charge in [-0.3, -0.25) is 0 Å². The summed E-state index contributed by atoms with van der Waals surface area (Å²) < 4.78 is 255. The Labute approximate surface area is 168 Å². The Hall–Kier alpha value is -1.60. The summed E-state index contributed by atoms with van der Waals surface area (Å²) in [6, 6.07) is 0. The van der Waals surface area contributed by atoms with Crippen molar-refractivity contribution in [2.45, 2.75) is 55.2 Å². The van der Waals surface area contributed by atoms with E-state index in [1.165, 1.54) is 18.9 Å². The highest BCUT2D eigenvalue weighted by Crippen LogP contribution is 2.52. The Bertz CT molecular complexity index is 699. The summed E-state index contributed by atoms with van der Waals surface area (Å²) in [6.45, 7) is 0. The molecule has 0 aromatic rings. The maximum Gasteiger partial charge on any atom is 0.527 e. The molecule has 34 heavy (non-hydrogen) atoms. The van der Waals surface area contributed by atoms with E-state index in [-0.39, 0.29) is 0 Å². The molecule has 0 aromatic carbocycles. The Kier molecular flexibility index (Phi) is 8.39. The number of hydrogen-bond donors (Lipinski definition) is 0. The third kappa shape index (κ3) is 6.97. The van der Waals surface area contributed by atoms with Crippen molar-refractivity contribution in [2.75, 3.05) is 0 Å². The second kappa shape index (κ2) is 8.81. The van der Waals surface area contributed by atoms with Crippen LogP contribution in [-0.4, -0.2) is 55.2 Å². The van der Waals surface area contributed by atoms with Crippen LogP contribution in [0.1, 0.15) is 0 Å². The minimum absolute atomic E-state index is 1.08. The standard InChI is InChI=1S/C9F20O5/c10-1(11,2(12,13)31-5(18,19)6(20,21)33-9(26,27)28)30-3(14,15)4(16,17)32-7(22,23)8(24,25)34-29. The van der Waals surface area contributed by atoms with Crippen molar-refractivity contribution in [3.05, 3.63) is 0 Å². The van der Waals surface area contributed by atoms with E-state index in [4.69, 9.17) is 0 Å². The minimum Gasteiger partial charge on any atom is -0.241 e. The summed E-state index contributed by atoms with van der Waals surface area (Å²) in [4.78, 5) is 1.08. The number of ether oxygens (including phenoxy) is 4. The van der Waals surface area contributed by atoms with Gasteiger partial charge in [0.25, 0.3) is 0 Å². The van der Waals surface area contributed by atoms with Crippen LogP contribution in [0.15, 0.2) is 0 Å². The molecule has 0 radical (unpaired) electrons. The maximum absolute atomic E-state index is 13.0. The first-order valence-electron chi connectivity index (χ1n) is 6.58. The monoisotopic (exact) mass is 568 g/mol. The highest BCUT2D eigenvalue weighted by molar-refractivity contribution is 4.80. The highest BCUT2D eigenvalue weighted by atomic mass is 19.4. The number of hydrogen-bond acceptors (Lipinski definition) is 5. The topological polar surface area (TPSA) is 46.2 Å². The van der Waals surface area contributed by atoms with Crippen molar-refractivity contribution in [2.24, 2.45) is 0 Å². The lowest BCUT2D eigenvalue weighted by molar-refractivity contribution is -0.590. The van der Waals surface area contributed by atoms with E-state index in [0.717, 1.165) is 4.94 Å². The number of rotatable bonds is 12. The molecule has 0 aliphatic rings. The van der Waals surface area contributed by atoms with Crippen LogP contribution < -0.4 is 0 Å². The molecule has 25 heteroatoms. The third-order valence-electron chi connectivity index (χ3n) is 2.47. The first-order chi connectivity index (χ1) is 14.4. The van der Waals surface area contributed by atoms with Crippen molar-refractivity contribution >= 4 is 0 Å². The second-order valence-electron chi connectivity index (χ2n) is 5.07. The van der Waals surface area contributed by atoms with Gasteiger partial charge in [0.2, 0.25) is 0 Å². The lowest BCUT2D eigenvalue weighted by atomic mass is 10.4. The van der Waals surface area contributed by atoms with Crippen molar-refractivity contribution in [3.63, 3.8) is 0 Å². The smallest absolute Gasteiger partial charge is 0.241 e. The van der Waals surface area contributed by atoms with E-state index in [1.807, 2.05) is 0 Å². The largest absolute Gasteiger partial charge is 0.527 e. The maximum atomic E-state index is 13.0. The molecule has 0 aliphatic heterocycles. The van der Waals surface area contributed by atoms with Crippen LogP contribution in [-0.2, 0) is 23.9 Å². The molecule has 0 atom stereocenters. The predicted molar refractivity (Wildman–Crippen MR) is 52.2 cm³/mol. The average molecular weight is 568 g/mol. The quantitative estimate of drug-likeness (QED) is 0.262. The van der Waals surface area contributed by atoms with Gasteiger partial charge < -0.3 is 0 Å². The molecule has 0 bridgehead atoms. The summed E-state index contributed by atoms with van der Waals surface area (Å²) >= 11 is 0. The number of halogens is 20. The molecule has 0 heterocycles. The molecule has 5 nitrogen and oxygen atoms in total. The zero-order valence-electron chi connectivity index (χ0n) is 14.1. The molecule has 0 rings (SSSR count). The second-order valence-corrected chi connectivity index (χ2v) is 5.07. The Morgan fingerprint density at radius 2 is 0.441 bits per heavy atom. The van der Waals surface area contributed by atoms with E-state index in [2.05, 4.69) is 0 Å². The molecular formula is C9F20O5. The van der Waals surface area contributed by atoms with Gasteiger partial charge in [0.15, 0.2) is 0 Å². The Morgan fingerprint density at radius 3 is 0.618 bits per heavy atom. The highest BCUT2D eigenvalue weighted by Gasteiger charge is 2.78. The molecule has 0 unspecified atom stereocenters. The predicted octanol–water partition coefficient (Wildman–Crippen LogP) is 6.22. The fourth-order valence-electron chi connectivity index (χ4n) is 1.09. The van der Waals surface area contributed by atoms with E-state index >= 15 is 0 Å². The van der Waals surface area contributed by atoms with Crippen LogP contribution in [0.25, 0.3) is 0 Å². The Morgan fingerprint density at radius 1 is 0.265 bits per heavy atom. The molecular weight excluding hydrogens is 568 g/mol. The van der Waals surface area contributed by atoms with Crippen LogP contribution in [0.3, 0.4) is 0 Å². The van der Waals surface area contributed by atoms with Gasteiger partial charge in [-0.2, -0.15) is 70.2 Å². The number of alkyl halides is 19. The van der Waals surface area contributed by atoms with Gasteiger partial charge in [-0.05, 0) is 4.53 Å². The summed E-state index contributed by atoms with van der Waals surface area (Å²) in [5.74, 6) is 0. The van der Waals surface area contributed by atoms with Gasteiger partial charge in [0, 0.05) is 0 Å². The zero-order valence-corrected chi connectivity index (χ0v) is 14.1. The van der Waals surface area contributed by atoms with E-state index in [1.54, 1.807) is 0 Å². The lowest BCUT2D eigenvalue weighted by Crippen LogP contribution is -2.60. The molecule has 0 spiro atoms. The average Bonchev–Trinajstić information content (AvgIpc) is 2.48. The van der Waals surface area contributed by atoms with Gasteiger partial charge in [-0.1, -0.05) is 0 Å². The minimum atomic E-state index is -7.81. The van der Waals surface area contributed by atoms with Gasteiger partial charge >= 0.3 is 55.2 Å². The van der Waals surface area contributed by atoms with Gasteiger partial charge in [-0.25, -0.2) is 18.9 Å². The molecule has 0 aromatic heterocycles. The fourth-order valence-corrected chi connectivity index (χ4v) is 1.09. The molecule has 0 amide bonds. The first-order valence-corrected chi connectivity index (χ1v) is 6.58. The van der Waals surface area contributed by atoms with Crippen molar-refractivity contribution < 1.29 is 112 Å². The zero-order chi connectivity index (χ0) is 28.0. The lowest BCUT2D eigenvalue weighted by Gasteiger charge is -2.35. The van der Waals surface area contributed by atoms with Crippen LogP contribution in [0.5, 0.6) is 0 Å². The van der Waals surface area contributed by atoms with Crippen LogP contribution >= 0.6 is 0 Å². The van der Waals surface area contributed by atoms with Crippen LogP contribution in [0.4, 0.5) is 87.9 Å². The van der Waals surface area contributed by atoms with Gasteiger partial charge in [0.05, 0.1) is 0 Å².